The molecule has 1 heterocycles. The van der Waals surface area contributed by atoms with Crippen LogP contribution >= 0.6 is 0 Å². The summed E-state index contributed by atoms with van der Waals surface area (Å²) in [5.41, 5.74) is 2.57. The van der Waals surface area contributed by atoms with E-state index in [1.165, 1.54) is 12.1 Å². The van der Waals surface area contributed by atoms with Crippen molar-refractivity contribution >= 4 is 17.3 Å². The Labute approximate surface area is 190 Å². The number of hydrogen-bond acceptors (Lipinski definition) is 5. The van der Waals surface area contributed by atoms with Crippen LogP contribution in [0.15, 0.2) is 48.5 Å². The molecule has 2 N–H and O–H groups in total. The topological polar surface area (TPSA) is 65.0 Å². The first-order chi connectivity index (χ1) is 15.4. The maximum absolute atomic E-state index is 13.1. The van der Waals surface area contributed by atoms with E-state index in [4.69, 9.17) is 4.74 Å². The standard InChI is InChI=1S/C25H34FN3O3/c1-19(2)17-28(18-24(30)20-3-5-21(26)6-4-20)12-11-25(31)27-22-7-9-23(10-8-22)29-13-15-32-16-14-29/h3-10,19,24,30H,11-18H2,1-2H3,(H,27,31). The number of morpholine rings is 1. The molecule has 1 aliphatic rings. The highest BCUT2D eigenvalue weighted by Gasteiger charge is 2.17. The van der Waals surface area contributed by atoms with Gasteiger partial charge in [-0.1, -0.05) is 26.0 Å². The Bertz CT molecular complexity index is 837. The number of halogens is 1. The number of nitrogens with zero attached hydrogens (tertiary/aromatic N) is 2. The summed E-state index contributed by atoms with van der Waals surface area (Å²) in [4.78, 5) is 16.9. The highest BCUT2D eigenvalue weighted by molar-refractivity contribution is 5.91. The van der Waals surface area contributed by atoms with E-state index >= 15 is 0 Å². The summed E-state index contributed by atoms with van der Waals surface area (Å²) in [7, 11) is 0. The number of ether oxygens (including phenoxy) is 1. The Kier molecular flexibility index (Phi) is 9.02. The van der Waals surface area contributed by atoms with Gasteiger partial charge in [-0.2, -0.15) is 0 Å². The number of aliphatic hydroxyl groups is 1. The van der Waals surface area contributed by atoms with Crippen LogP contribution in [-0.2, 0) is 9.53 Å². The fraction of sp³-hybridized carbons (Fsp3) is 0.480. The Morgan fingerprint density at radius 3 is 2.38 bits per heavy atom. The van der Waals surface area contributed by atoms with E-state index in [0.717, 1.165) is 44.2 Å². The van der Waals surface area contributed by atoms with Crippen LogP contribution in [0.5, 0.6) is 0 Å². The molecule has 0 bridgehead atoms. The van der Waals surface area contributed by atoms with Gasteiger partial charge >= 0.3 is 0 Å². The predicted molar refractivity (Wildman–Crippen MR) is 125 cm³/mol. The molecule has 3 rings (SSSR count). The van der Waals surface area contributed by atoms with Crippen molar-refractivity contribution in [1.29, 1.82) is 0 Å². The monoisotopic (exact) mass is 443 g/mol. The second-order valence-electron chi connectivity index (χ2n) is 8.67. The van der Waals surface area contributed by atoms with Crippen molar-refractivity contribution in [3.8, 4) is 0 Å². The molecule has 32 heavy (non-hydrogen) atoms. The van der Waals surface area contributed by atoms with Crippen molar-refractivity contribution in [3.05, 3.63) is 59.9 Å². The van der Waals surface area contributed by atoms with Gasteiger partial charge < -0.3 is 20.1 Å². The van der Waals surface area contributed by atoms with Gasteiger partial charge in [0.15, 0.2) is 0 Å². The quantitative estimate of drug-likeness (QED) is 0.587. The van der Waals surface area contributed by atoms with E-state index in [1.807, 2.05) is 24.3 Å². The van der Waals surface area contributed by atoms with E-state index in [0.29, 0.717) is 31.0 Å². The maximum atomic E-state index is 13.1. The van der Waals surface area contributed by atoms with Crippen molar-refractivity contribution < 1.29 is 19.0 Å². The minimum Gasteiger partial charge on any atom is -0.387 e. The van der Waals surface area contributed by atoms with Crippen LogP contribution < -0.4 is 10.2 Å². The number of nitrogens with one attached hydrogen (secondary N) is 1. The lowest BCUT2D eigenvalue weighted by atomic mass is 10.1. The summed E-state index contributed by atoms with van der Waals surface area (Å²) in [5.74, 6) is 0.00926. The number of carbonyl (C=O) groups is 1. The van der Waals surface area contributed by atoms with E-state index in [-0.39, 0.29) is 11.7 Å². The molecule has 0 saturated carbocycles. The highest BCUT2D eigenvalue weighted by Crippen LogP contribution is 2.20. The molecule has 1 unspecified atom stereocenters. The van der Waals surface area contributed by atoms with Crippen molar-refractivity contribution in [2.45, 2.75) is 26.4 Å². The van der Waals surface area contributed by atoms with Crippen LogP contribution in [0.25, 0.3) is 0 Å². The molecule has 0 radical (unpaired) electrons. The zero-order chi connectivity index (χ0) is 22.9. The van der Waals surface area contributed by atoms with E-state index in [1.54, 1.807) is 12.1 Å². The number of anilines is 2. The molecule has 1 atom stereocenters. The van der Waals surface area contributed by atoms with E-state index in [2.05, 4.69) is 29.0 Å². The van der Waals surface area contributed by atoms with E-state index < -0.39 is 6.10 Å². The Balaban J connectivity index is 1.50. The van der Waals surface area contributed by atoms with Crippen LogP contribution in [0.3, 0.4) is 0 Å². The molecule has 1 aliphatic heterocycles. The van der Waals surface area contributed by atoms with Crippen molar-refractivity contribution in [2.24, 2.45) is 5.92 Å². The smallest absolute Gasteiger partial charge is 0.225 e. The molecule has 6 nitrogen and oxygen atoms in total. The Morgan fingerprint density at radius 2 is 1.75 bits per heavy atom. The SMILES string of the molecule is CC(C)CN(CCC(=O)Nc1ccc(N2CCOCC2)cc1)CC(O)c1ccc(F)cc1. The van der Waals surface area contributed by atoms with Gasteiger partial charge in [0.1, 0.15) is 5.82 Å². The fourth-order valence-corrected chi connectivity index (χ4v) is 3.87. The minimum absolute atomic E-state index is 0.0610. The molecule has 2 aromatic carbocycles. The van der Waals surface area contributed by atoms with Gasteiger partial charge in [0.25, 0.3) is 0 Å². The number of benzene rings is 2. The third-order valence-electron chi connectivity index (χ3n) is 5.49. The van der Waals surface area contributed by atoms with Gasteiger partial charge in [0.05, 0.1) is 19.3 Å². The molecule has 0 aliphatic carbocycles. The molecule has 1 amide bonds. The van der Waals surface area contributed by atoms with Crippen LogP contribution in [0.1, 0.15) is 31.9 Å². The third kappa shape index (κ3) is 7.58. The second-order valence-corrected chi connectivity index (χ2v) is 8.67. The Morgan fingerprint density at radius 1 is 1.09 bits per heavy atom. The number of hydrogen-bond donors (Lipinski definition) is 2. The first-order valence-electron chi connectivity index (χ1n) is 11.3. The summed E-state index contributed by atoms with van der Waals surface area (Å²) < 4.78 is 18.5. The van der Waals surface area contributed by atoms with Crippen LogP contribution in [0, 0.1) is 11.7 Å². The molecule has 1 saturated heterocycles. The Hall–Kier alpha value is -2.48. The molecule has 2 aromatic rings. The summed E-state index contributed by atoms with van der Waals surface area (Å²) in [5, 5.41) is 13.5. The lowest BCUT2D eigenvalue weighted by molar-refractivity contribution is -0.116. The number of carbonyl (C=O) groups excluding carboxylic acids is 1. The average Bonchev–Trinajstić information content (AvgIpc) is 2.78. The van der Waals surface area contributed by atoms with Crippen molar-refractivity contribution in [2.75, 3.05) is 56.2 Å². The third-order valence-corrected chi connectivity index (χ3v) is 5.49. The van der Waals surface area contributed by atoms with Crippen LogP contribution in [0.2, 0.25) is 0 Å². The van der Waals surface area contributed by atoms with Gasteiger partial charge in [-0.15, -0.1) is 0 Å². The summed E-state index contributed by atoms with van der Waals surface area (Å²) in [6.45, 7) is 9.13. The lowest BCUT2D eigenvalue weighted by Crippen LogP contribution is -2.36. The van der Waals surface area contributed by atoms with Gasteiger partial charge in [-0.05, 0) is 47.9 Å². The fourth-order valence-electron chi connectivity index (χ4n) is 3.87. The first kappa shape index (κ1) is 24.2. The largest absolute Gasteiger partial charge is 0.387 e. The average molecular weight is 444 g/mol. The molecular formula is C25H34FN3O3. The zero-order valence-corrected chi connectivity index (χ0v) is 19.0. The van der Waals surface area contributed by atoms with Crippen molar-refractivity contribution in [1.82, 2.24) is 4.90 Å². The summed E-state index contributed by atoms with van der Waals surface area (Å²) in [6, 6.07) is 13.8. The normalized spacial score (nSPS) is 15.2. The zero-order valence-electron chi connectivity index (χ0n) is 19.0. The molecule has 7 heteroatoms. The molecule has 0 aromatic heterocycles. The number of rotatable bonds is 10. The number of aliphatic hydroxyl groups excluding tert-OH is 1. The van der Waals surface area contributed by atoms with Crippen LogP contribution in [0.4, 0.5) is 15.8 Å². The van der Waals surface area contributed by atoms with Gasteiger partial charge in [-0.3, -0.25) is 9.69 Å². The maximum Gasteiger partial charge on any atom is 0.225 e. The van der Waals surface area contributed by atoms with Gasteiger partial charge in [0, 0.05) is 50.5 Å². The second kappa shape index (κ2) is 11.9. The molecule has 1 fully saturated rings. The summed E-state index contributed by atoms with van der Waals surface area (Å²) in [6.07, 6.45) is -0.404. The predicted octanol–water partition coefficient (Wildman–Crippen LogP) is 3.68. The lowest BCUT2D eigenvalue weighted by Gasteiger charge is -2.29. The van der Waals surface area contributed by atoms with Gasteiger partial charge in [-0.25, -0.2) is 4.39 Å². The molecule has 174 valence electrons. The van der Waals surface area contributed by atoms with Crippen molar-refractivity contribution in [3.63, 3.8) is 0 Å². The first-order valence-corrected chi connectivity index (χ1v) is 11.3. The van der Waals surface area contributed by atoms with Gasteiger partial charge in [0.2, 0.25) is 5.91 Å². The highest BCUT2D eigenvalue weighted by atomic mass is 19.1. The summed E-state index contributed by atoms with van der Waals surface area (Å²) >= 11 is 0. The minimum atomic E-state index is -0.731. The van der Waals surface area contributed by atoms with E-state index in [9.17, 15) is 14.3 Å². The molecule has 0 spiro atoms. The number of amides is 1. The molecular weight excluding hydrogens is 409 g/mol. The van der Waals surface area contributed by atoms with Crippen LogP contribution in [-0.4, -0.2) is 61.9 Å².